The van der Waals surface area contributed by atoms with E-state index in [1.807, 2.05) is 48.7 Å². The zero-order valence-electron chi connectivity index (χ0n) is 11.6. The van der Waals surface area contributed by atoms with Crippen molar-refractivity contribution < 1.29 is 8.42 Å². The van der Waals surface area contributed by atoms with Crippen molar-refractivity contribution in [2.45, 2.75) is 17.1 Å². The summed E-state index contributed by atoms with van der Waals surface area (Å²) in [6.07, 6.45) is 0. The largest absolute Gasteiger partial charge is 0.224 e. The van der Waals surface area contributed by atoms with Gasteiger partial charge >= 0.3 is 0 Å². The van der Waals surface area contributed by atoms with Gasteiger partial charge in [0.15, 0.2) is 9.84 Å². The fraction of sp³-hybridized carbons (Fsp3) is 0.188. The predicted molar refractivity (Wildman–Crippen MR) is 85.6 cm³/mol. The van der Waals surface area contributed by atoms with Gasteiger partial charge in [-0.05, 0) is 41.9 Å². The number of thioether (sulfide) groups is 1. The summed E-state index contributed by atoms with van der Waals surface area (Å²) in [7, 11) is -3.42. The number of aryl methyl sites for hydroxylation is 1. The molecule has 21 heavy (non-hydrogen) atoms. The summed E-state index contributed by atoms with van der Waals surface area (Å²) >= 11 is 0.982. The predicted octanol–water partition coefficient (Wildman–Crippen LogP) is 3.72. The maximum absolute atomic E-state index is 12.5. The SMILES string of the molecule is Cc1cccc(S(=O)(=O)C[C@H](SC#N)c2ccccc2)c1. The van der Waals surface area contributed by atoms with E-state index >= 15 is 0 Å². The highest BCUT2D eigenvalue weighted by molar-refractivity contribution is 8.04. The van der Waals surface area contributed by atoms with Crippen molar-refractivity contribution in [2.75, 3.05) is 5.75 Å². The Morgan fingerprint density at radius 1 is 1.14 bits per heavy atom. The molecule has 0 radical (unpaired) electrons. The highest BCUT2D eigenvalue weighted by Gasteiger charge is 2.23. The molecule has 0 unspecified atom stereocenters. The average Bonchev–Trinajstić information content (AvgIpc) is 2.47. The minimum Gasteiger partial charge on any atom is -0.224 e. The molecule has 3 nitrogen and oxygen atoms in total. The summed E-state index contributed by atoms with van der Waals surface area (Å²) < 4.78 is 25.0. The molecule has 0 saturated heterocycles. The van der Waals surface area contributed by atoms with Gasteiger partial charge in [-0.2, -0.15) is 5.26 Å². The molecule has 0 heterocycles. The molecule has 5 heteroatoms. The molecule has 2 aromatic rings. The van der Waals surface area contributed by atoms with Crippen LogP contribution in [0.15, 0.2) is 59.5 Å². The highest BCUT2D eigenvalue weighted by atomic mass is 32.2. The smallest absolute Gasteiger partial charge is 0.179 e. The van der Waals surface area contributed by atoms with Crippen LogP contribution in [0.1, 0.15) is 16.4 Å². The normalized spacial score (nSPS) is 12.6. The number of nitriles is 1. The molecular weight excluding hydrogens is 302 g/mol. The molecule has 0 amide bonds. The molecule has 0 spiro atoms. The van der Waals surface area contributed by atoms with Gasteiger partial charge in [-0.1, -0.05) is 42.5 Å². The number of thiocyanates is 1. The van der Waals surface area contributed by atoms with Crippen LogP contribution < -0.4 is 0 Å². The lowest BCUT2D eigenvalue weighted by Gasteiger charge is -2.14. The van der Waals surface area contributed by atoms with Crippen LogP contribution in [0, 0.1) is 17.6 Å². The third kappa shape index (κ3) is 4.10. The van der Waals surface area contributed by atoms with Crippen LogP contribution in [0.2, 0.25) is 0 Å². The molecule has 2 rings (SSSR count). The Morgan fingerprint density at radius 2 is 1.86 bits per heavy atom. The van der Waals surface area contributed by atoms with Crippen LogP contribution in [-0.4, -0.2) is 14.2 Å². The molecular formula is C16H15NO2S2. The number of benzene rings is 2. The fourth-order valence-electron chi connectivity index (χ4n) is 2.03. The van der Waals surface area contributed by atoms with Crippen LogP contribution in [0.5, 0.6) is 0 Å². The first-order valence-electron chi connectivity index (χ1n) is 6.42. The summed E-state index contributed by atoms with van der Waals surface area (Å²) in [6.45, 7) is 1.86. The molecule has 0 bridgehead atoms. The average molecular weight is 317 g/mol. The number of hydrogen-bond donors (Lipinski definition) is 0. The molecule has 108 valence electrons. The van der Waals surface area contributed by atoms with Gasteiger partial charge in [0.05, 0.1) is 15.9 Å². The third-order valence-corrected chi connectivity index (χ3v) is 5.87. The lowest BCUT2D eigenvalue weighted by molar-refractivity contribution is 0.595. The summed E-state index contributed by atoms with van der Waals surface area (Å²) in [5, 5.41) is 10.5. The monoisotopic (exact) mass is 317 g/mol. The van der Waals surface area contributed by atoms with Crippen LogP contribution in [0.3, 0.4) is 0 Å². The Kier molecular flexibility index (Phi) is 5.05. The molecule has 0 N–H and O–H groups in total. The molecule has 0 saturated carbocycles. The van der Waals surface area contributed by atoms with Crippen molar-refractivity contribution in [3.05, 3.63) is 65.7 Å². The van der Waals surface area contributed by atoms with Crippen molar-refractivity contribution in [3.63, 3.8) is 0 Å². The topological polar surface area (TPSA) is 57.9 Å². The van der Waals surface area contributed by atoms with E-state index in [0.29, 0.717) is 4.90 Å². The van der Waals surface area contributed by atoms with E-state index in [0.717, 1.165) is 22.9 Å². The van der Waals surface area contributed by atoms with Crippen molar-refractivity contribution >= 4 is 21.6 Å². The Labute approximate surface area is 129 Å². The van der Waals surface area contributed by atoms with Gasteiger partial charge in [0.1, 0.15) is 5.40 Å². The molecule has 1 atom stereocenters. The van der Waals surface area contributed by atoms with E-state index in [9.17, 15) is 8.42 Å². The molecule has 0 aliphatic heterocycles. The molecule has 0 aliphatic rings. The summed E-state index contributed by atoms with van der Waals surface area (Å²) in [4.78, 5) is 0.307. The van der Waals surface area contributed by atoms with E-state index in [1.165, 1.54) is 0 Å². The van der Waals surface area contributed by atoms with Crippen molar-refractivity contribution in [1.29, 1.82) is 5.26 Å². The molecule has 0 aromatic heterocycles. The summed E-state index contributed by atoms with van der Waals surface area (Å²) in [6, 6.07) is 16.1. The Bertz CT molecular complexity index is 749. The Balaban J connectivity index is 2.30. The Morgan fingerprint density at radius 3 is 2.48 bits per heavy atom. The van der Waals surface area contributed by atoms with Crippen molar-refractivity contribution in [2.24, 2.45) is 0 Å². The van der Waals surface area contributed by atoms with E-state index < -0.39 is 9.84 Å². The van der Waals surface area contributed by atoms with E-state index in [2.05, 4.69) is 0 Å². The zero-order chi connectivity index (χ0) is 15.3. The third-order valence-electron chi connectivity index (χ3n) is 3.09. The number of hydrogen-bond acceptors (Lipinski definition) is 4. The van der Waals surface area contributed by atoms with Gasteiger partial charge in [0, 0.05) is 0 Å². The fourth-order valence-corrected chi connectivity index (χ4v) is 4.70. The second-order valence-corrected chi connectivity index (χ2v) is 7.73. The lowest BCUT2D eigenvalue weighted by atomic mass is 10.2. The maximum atomic E-state index is 12.5. The summed E-state index contributed by atoms with van der Waals surface area (Å²) in [5.74, 6) is -0.0846. The zero-order valence-corrected chi connectivity index (χ0v) is 13.2. The van der Waals surface area contributed by atoms with Gasteiger partial charge in [0.2, 0.25) is 0 Å². The quantitative estimate of drug-likeness (QED) is 0.789. The van der Waals surface area contributed by atoms with Gasteiger partial charge < -0.3 is 0 Å². The van der Waals surface area contributed by atoms with Crippen LogP contribution in [0.4, 0.5) is 0 Å². The number of nitrogens with zero attached hydrogens (tertiary/aromatic N) is 1. The number of rotatable bonds is 5. The first kappa shape index (κ1) is 15.6. The second-order valence-electron chi connectivity index (χ2n) is 4.71. The van der Waals surface area contributed by atoms with E-state index in [4.69, 9.17) is 5.26 Å². The molecule has 2 aromatic carbocycles. The standard InChI is InChI=1S/C16H15NO2S2/c1-13-6-5-9-15(10-13)21(18,19)11-16(20-12-17)14-7-3-2-4-8-14/h2-10,16H,11H2,1H3/t16-/m0/s1. The van der Waals surface area contributed by atoms with Crippen LogP contribution in [0.25, 0.3) is 0 Å². The maximum Gasteiger partial charge on any atom is 0.179 e. The minimum atomic E-state index is -3.42. The van der Waals surface area contributed by atoms with Crippen molar-refractivity contribution in [3.8, 4) is 5.40 Å². The van der Waals surface area contributed by atoms with E-state index in [-0.39, 0.29) is 11.0 Å². The first-order chi connectivity index (χ1) is 10.0. The van der Waals surface area contributed by atoms with Gasteiger partial charge in [-0.25, -0.2) is 8.42 Å². The van der Waals surface area contributed by atoms with Crippen molar-refractivity contribution in [1.82, 2.24) is 0 Å². The second kappa shape index (κ2) is 6.79. The summed E-state index contributed by atoms with van der Waals surface area (Å²) in [5.41, 5.74) is 1.75. The first-order valence-corrected chi connectivity index (χ1v) is 8.95. The van der Waals surface area contributed by atoms with Crippen LogP contribution in [-0.2, 0) is 9.84 Å². The van der Waals surface area contributed by atoms with E-state index in [1.54, 1.807) is 18.2 Å². The van der Waals surface area contributed by atoms with Crippen LogP contribution >= 0.6 is 11.8 Å². The molecule has 0 aliphatic carbocycles. The Hall–Kier alpha value is -1.77. The highest BCUT2D eigenvalue weighted by Crippen LogP contribution is 2.31. The van der Waals surface area contributed by atoms with Gasteiger partial charge in [-0.15, -0.1) is 0 Å². The van der Waals surface area contributed by atoms with Gasteiger partial charge in [0.25, 0.3) is 0 Å². The lowest BCUT2D eigenvalue weighted by Crippen LogP contribution is -2.13. The number of sulfone groups is 1. The van der Waals surface area contributed by atoms with Gasteiger partial charge in [-0.3, -0.25) is 0 Å². The molecule has 0 fully saturated rings. The minimum absolute atomic E-state index is 0.0846.